The molecular formula is C19H23NO3S2. The van der Waals surface area contributed by atoms with E-state index in [0.29, 0.717) is 39.8 Å². The molecule has 0 radical (unpaired) electrons. The van der Waals surface area contributed by atoms with Crippen molar-refractivity contribution < 1.29 is 14.3 Å². The molecule has 0 spiro atoms. The third-order valence-electron chi connectivity index (χ3n) is 3.62. The van der Waals surface area contributed by atoms with E-state index in [9.17, 15) is 4.79 Å². The van der Waals surface area contributed by atoms with E-state index in [1.54, 1.807) is 18.1 Å². The molecule has 0 aliphatic carbocycles. The van der Waals surface area contributed by atoms with Crippen molar-refractivity contribution in [3.63, 3.8) is 0 Å². The van der Waals surface area contributed by atoms with E-state index in [4.69, 9.17) is 21.7 Å². The molecule has 25 heavy (non-hydrogen) atoms. The van der Waals surface area contributed by atoms with E-state index < -0.39 is 0 Å². The van der Waals surface area contributed by atoms with Gasteiger partial charge in [-0.15, -0.1) is 6.58 Å². The summed E-state index contributed by atoms with van der Waals surface area (Å²) in [6.07, 6.45) is 4.47. The highest BCUT2D eigenvalue weighted by molar-refractivity contribution is 8.26. The Bertz CT molecular complexity index is 698. The Morgan fingerprint density at radius 2 is 2.12 bits per heavy atom. The second kappa shape index (κ2) is 9.06. The minimum Gasteiger partial charge on any atom is -0.493 e. The number of thioether (sulfide) groups is 1. The first-order chi connectivity index (χ1) is 12.0. The van der Waals surface area contributed by atoms with E-state index in [0.717, 1.165) is 12.0 Å². The summed E-state index contributed by atoms with van der Waals surface area (Å²) in [6, 6.07) is 5.65. The topological polar surface area (TPSA) is 38.8 Å². The predicted molar refractivity (Wildman–Crippen MR) is 108 cm³/mol. The van der Waals surface area contributed by atoms with Crippen molar-refractivity contribution in [2.24, 2.45) is 5.92 Å². The normalized spacial score (nSPS) is 16.0. The monoisotopic (exact) mass is 377 g/mol. The largest absolute Gasteiger partial charge is 0.493 e. The van der Waals surface area contributed by atoms with Crippen LogP contribution in [-0.2, 0) is 4.79 Å². The Morgan fingerprint density at radius 1 is 1.36 bits per heavy atom. The summed E-state index contributed by atoms with van der Waals surface area (Å²) in [5.41, 5.74) is 0.868. The van der Waals surface area contributed by atoms with E-state index >= 15 is 0 Å². The Morgan fingerprint density at radius 3 is 2.76 bits per heavy atom. The molecule has 0 atom stereocenters. The second-order valence-corrected chi connectivity index (χ2v) is 7.70. The molecule has 1 amide bonds. The van der Waals surface area contributed by atoms with Crippen LogP contribution in [0.25, 0.3) is 6.08 Å². The van der Waals surface area contributed by atoms with Crippen molar-refractivity contribution >= 4 is 40.3 Å². The number of thiocarbonyl (C=S) groups is 1. The van der Waals surface area contributed by atoms with Gasteiger partial charge in [-0.1, -0.05) is 50.0 Å². The maximum absolute atomic E-state index is 12.4. The van der Waals surface area contributed by atoms with Gasteiger partial charge in [0.05, 0.1) is 18.6 Å². The first-order valence-corrected chi connectivity index (χ1v) is 9.35. The second-order valence-electron chi connectivity index (χ2n) is 6.02. The molecule has 0 bridgehead atoms. The van der Waals surface area contributed by atoms with Crippen molar-refractivity contribution in [1.82, 2.24) is 4.90 Å². The lowest BCUT2D eigenvalue weighted by Crippen LogP contribution is -2.27. The summed E-state index contributed by atoms with van der Waals surface area (Å²) in [6.45, 7) is 9.05. The third-order valence-corrected chi connectivity index (χ3v) is 5.00. The zero-order chi connectivity index (χ0) is 18.4. The van der Waals surface area contributed by atoms with Crippen LogP contribution in [0.4, 0.5) is 0 Å². The number of ether oxygens (including phenoxy) is 2. The van der Waals surface area contributed by atoms with Crippen LogP contribution in [0.3, 0.4) is 0 Å². The van der Waals surface area contributed by atoms with E-state index in [1.807, 2.05) is 24.3 Å². The van der Waals surface area contributed by atoms with Gasteiger partial charge in [0.15, 0.2) is 11.5 Å². The van der Waals surface area contributed by atoms with Gasteiger partial charge in [0.2, 0.25) is 0 Å². The average molecular weight is 378 g/mol. The molecule has 0 saturated carbocycles. The highest BCUT2D eigenvalue weighted by Gasteiger charge is 2.30. The zero-order valence-corrected chi connectivity index (χ0v) is 16.4. The molecule has 1 heterocycles. The van der Waals surface area contributed by atoms with Gasteiger partial charge in [0, 0.05) is 6.54 Å². The molecule has 1 aromatic rings. The highest BCUT2D eigenvalue weighted by Crippen LogP contribution is 2.34. The Balaban J connectivity index is 2.16. The molecule has 2 rings (SSSR count). The Kier molecular flexibility index (Phi) is 7.08. The molecule has 4 nitrogen and oxygen atoms in total. The van der Waals surface area contributed by atoms with Gasteiger partial charge < -0.3 is 9.47 Å². The Hall–Kier alpha value is -1.79. The van der Waals surface area contributed by atoms with Crippen LogP contribution in [-0.4, -0.2) is 35.4 Å². The number of nitrogens with zero attached hydrogens (tertiary/aromatic N) is 1. The van der Waals surface area contributed by atoms with Gasteiger partial charge in [-0.25, -0.2) is 0 Å². The third kappa shape index (κ3) is 5.09. The van der Waals surface area contributed by atoms with Crippen LogP contribution in [0.1, 0.15) is 25.8 Å². The summed E-state index contributed by atoms with van der Waals surface area (Å²) in [5, 5.41) is 0. The summed E-state index contributed by atoms with van der Waals surface area (Å²) < 4.78 is 11.8. The van der Waals surface area contributed by atoms with Crippen molar-refractivity contribution in [3.05, 3.63) is 41.3 Å². The fourth-order valence-electron chi connectivity index (χ4n) is 2.24. The molecule has 0 N–H and O–H groups in total. The number of hydrogen-bond acceptors (Lipinski definition) is 5. The van der Waals surface area contributed by atoms with Crippen LogP contribution in [0.2, 0.25) is 0 Å². The average Bonchev–Trinajstić information content (AvgIpc) is 2.83. The number of amides is 1. The van der Waals surface area contributed by atoms with Crippen LogP contribution >= 0.6 is 24.0 Å². The summed E-state index contributed by atoms with van der Waals surface area (Å²) in [4.78, 5) is 14.5. The molecule has 1 aliphatic heterocycles. The number of carbonyl (C=O) groups excluding carboxylic acids is 1. The van der Waals surface area contributed by atoms with Crippen LogP contribution < -0.4 is 9.47 Å². The van der Waals surface area contributed by atoms with Crippen LogP contribution in [0.5, 0.6) is 11.5 Å². The van der Waals surface area contributed by atoms with E-state index in [-0.39, 0.29) is 5.91 Å². The molecule has 6 heteroatoms. The number of benzene rings is 1. The van der Waals surface area contributed by atoms with Gasteiger partial charge in [0.1, 0.15) is 4.32 Å². The van der Waals surface area contributed by atoms with Crippen molar-refractivity contribution in [1.29, 1.82) is 0 Å². The lowest BCUT2D eigenvalue weighted by molar-refractivity contribution is -0.121. The summed E-state index contributed by atoms with van der Waals surface area (Å²) >= 11 is 6.55. The number of hydrogen-bond donors (Lipinski definition) is 0. The first-order valence-electron chi connectivity index (χ1n) is 8.13. The number of rotatable bonds is 8. The van der Waals surface area contributed by atoms with Gasteiger partial charge in [-0.2, -0.15) is 0 Å². The minimum atomic E-state index is -0.0915. The zero-order valence-electron chi connectivity index (χ0n) is 14.8. The molecule has 1 aliphatic rings. The molecule has 0 unspecified atom stereocenters. The predicted octanol–water partition coefficient (Wildman–Crippen LogP) is 4.51. The summed E-state index contributed by atoms with van der Waals surface area (Å²) in [7, 11) is 1.61. The highest BCUT2D eigenvalue weighted by atomic mass is 32.2. The van der Waals surface area contributed by atoms with Crippen molar-refractivity contribution in [3.8, 4) is 11.5 Å². The molecule has 1 saturated heterocycles. The SMILES string of the molecule is C=CCN1C(=O)C(=Cc2ccc(OCCC(C)C)c(OC)c2)SC1=S. The minimum absolute atomic E-state index is 0.0915. The van der Waals surface area contributed by atoms with Gasteiger partial charge in [-0.3, -0.25) is 9.69 Å². The number of carbonyl (C=O) groups is 1. The van der Waals surface area contributed by atoms with Gasteiger partial charge in [-0.05, 0) is 36.1 Å². The van der Waals surface area contributed by atoms with Crippen LogP contribution in [0.15, 0.2) is 35.8 Å². The van der Waals surface area contributed by atoms with Crippen molar-refractivity contribution in [2.75, 3.05) is 20.3 Å². The molecule has 1 fully saturated rings. The quantitative estimate of drug-likeness (QED) is 0.379. The fraction of sp³-hybridized carbons (Fsp3) is 0.368. The molecule has 0 aromatic heterocycles. The maximum atomic E-state index is 12.4. The lowest BCUT2D eigenvalue weighted by atomic mass is 10.1. The maximum Gasteiger partial charge on any atom is 0.266 e. The molecular weight excluding hydrogens is 354 g/mol. The smallest absolute Gasteiger partial charge is 0.266 e. The van der Waals surface area contributed by atoms with E-state index in [2.05, 4.69) is 20.4 Å². The van der Waals surface area contributed by atoms with Gasteiger partial charge >= 0.3 is 0 Å². The standard InChI is InChI=1S/C19H23NO3S2/c1-5-9-20-18(21)17(25-19(20)24)12-14-6-7-15(16(11-14)22-4)23-10-8-13(2)3/h5-7,11-13H,1,8-10H2,2-4H3. The summed E-state index contributed by atoms with van der Waals surface area (Å²) in [5.74, 6) is 1.85. The fourth-order valence-corrected chi connectivity index (χ4v) is 3.51. The Labute approximate surface area is 158 Å². The number of methoxy groups -OCH3 is 1. The lowest BCUT2D eigenvalue weighted by Gasteiger charge is -2.12. The van der Waals surface area contributed by atoms with Gasteiger partial charge in [0.25, 0.3) is 5.91 Å². The molecule has 1 aromatic carbocycles. The van der Waals surface area contributed by atoms with E-state index in [1.165, 1.54) is 11.8 Å². The van der Waals surface area contributed by atoms with Crippen molar-refractivity contribution in [2.45, 2.75) is 20.3 Å². The first kappa shape index (κ1) is 19.5. The van der Waals surface area contributed by atoms with Crippen LogP contribution in [0, 0.1) is 5.92 Å². The molecule has 134 valence electrons.